The van der Waals surface area contributed by atoms with E-state index in [1.165, 1.54) is 6.07 Å². The first-order valence-electron chi connectivity index (χ1n) is 6.31. The lowest BCUT2D eigenvalue weighted by Crippen LogP contribution is -2.30. The van der Waals surface area contributed by atoms with Gasteiger partial charge in [-0.3, -0.25) is 0 Å². The van der Waals surface area contributed by atoms with Gasteiger partial charge >= 0.3 is 0 Å². The van der Waals surface area contributed by atoms with Crippen LogP contribution in [0.15, 0.2) is 18.2 Å². The Morgan fingerprint density at radius 2 is 1.74 bits per heavy atom. The molecule has 0 saturated heterocycles. The van der Waals surface area contributed by atoms with Crippen LogP contribution in [0.25, 0.3) is 0 Å². The van der Waals surface area contributed by atoms with E-state index >= 15 is 0 Å². The minimum absolute atomic E-state index is 0. The highest BCUT2D eigenvalue weighted by molar-refractivity contribution is 5.85. The van der Waals surface area contributed by atoms with Crippen molar-refractivity contribution in [3.05, 3.63) is 23.8 Å². The first-order valence-corrected chi connectivity index (χ1v) is 6.31. The molecule has 19 heavy (non-hydrogen) atoms. The molecule has 0 spiro atoms. The van der Waals surface area contributed by atoms with Gasteiger partial charge in [0, 0.05) is 12.6 Å². The molecular weight excluding hydrogens is 266 g/mol. The van der Waals surface area contributed by atoms with E-state index < -0.39 is 0 Å². The van der Waals surface area contributed by atoms with Gasteiger partial charge < -0.3 is 20.3 Å². The number of hydrogen-bond donors (Lipinski definition) is 3. The predicted molar refractivity (Wildman–Crippen MR) is 79.1 cm³/mol. The molecule has 0 aromatic heterocycles. The summed E-state index contributed by atoms with van der Waals surface area (Å²) in [5.41, 5.74) is 0.854. The SMILES string of the molecule is CC(C)NCC(OC(C)C)c1ccc(O)c(O)c1.Cl. The maximum atomic E-state index is 9.53. The minimum Gasteiger partial charge on any atom is -0.504 e. The third-order valence-electron chi connectivity index (χ3n) is 2.52. The van der Waals surface area contributed by atoms with E-state index in [-0.39, 0.29) is 36.1 Å². The second-order valence-electron chi connectivity index (χ2n) is 4.98. The zero-order valence-corrected chi connectivity index (χ0v) is 12.7. The van der Waals surface area contributed by atoms with Crippen molar-refractivity contribution in [1.82, 2.24) is 5.32 Å². The molecule has 110 valence electrons. The van der Waals surface area contributed by atoms with E-state index in [2.05, 4.69) is 19.2 Å². The number of aromatic hydroxyl groups is 2. The molecule has 5 heteroatoms. The molecule has 0 saturated carbocycles. The topological polar surface area (TPSA) is 61.7 Å². The van der Waals surface area contributed by atoms with Gasteiger partial charge in [0.05, 0.1) is 12.2 Å². The van der Waals surface area contributed by atoms with E-state index in [1.807, 2.05) is 13.8 Å². The molecule has 1 atom stereocenters. The summed E-state index contributed by atoms with van der Waals surface area (Å²) in [6, 6.07) is 5.17. The van der Waals surface area contributed by atoms with Gasteiger partial charge in [0.2, 0.25) is 0 Å². The number of halogens is 1. The van der Waals surface area contributed by atoms with Gasteiger partial charge in [0.25, 0.3) is 0 Å². The average Bonchev–Trinajstić information content (AvgIpc) is 2.27. The van der Waals surface area contributed by atoms with Crippen molar-refractivity contribution in [2.75, 3.05) is 6.54 Å². The van der Waals surface area contributed by atoms with Gasteiger partial charge in [-0.15, -0.1) is 12.4 Å². The van der Waals surface area contributed by atoms with Crippen LogP contribution >= 0.6 is 12.4 Å². The summed E-state index contributed by atoms with van der Waals surface area (Å²) in [6.07, 6.45) is -0.0428. The number of phenolic OH excluding ortho intramolecular Hbond substituents is 2. The first kappa shape index (κ1) is 18.0. The van der Waals surface area contributed by atoms with Gasteiger partial charge in [-0.1, -0.05) is 19.9 Å². The van der Waals surface area contributed by atoms with Crippen molar-refractivity contribution in [3.63, 3.8) is 0 Å². The minimum atomic E-state index is -0.140. The standard InChI is InChI=1S/C14H23NO3.ClH/c1-9(2)15-8-14(18-10(3)4)11-5-6-12(16)13(17)7-11;/h5-7,9-10,14-17H,8H2,1-4H3;1H. The van der Waals surface area contributed by atoms with Crippen LogP contribution in [0.5, 0.6) is 11.5 Å². The van der Waals surface area contributed by atoms with Gasteiger partial charge in [0.1, 0.15) is 0 Å². The van der Waals surface area contributed by atoms with E-state index in [0.717, 1.165) is 5.56 Å². The number of benzene rings is 1. The summed E-state index contributed by atoms with van der Waals surface area (Å²) in [4.78, 5) is 0. The fourth-order valence-electron chi connectivity index (χ4n) is 1.66. The summed E-state index contributed by atoms with van der Waals surface area (Å²) in [5, 5.41) is 22.2. The second-order valence-corrected chi connectivity index (χ2v) is 4.98. The summed E-state index contributed by atoms with van der Waals surface area (Å²) >= 11 is 0. The maximum Gasteiger partial charge on any atom is 0.157 e. The lowest BCUT2D eigenvalue weighted by atomic mass is 10.1. The van der Waals surface area contributed by atoms with Gasteiger partial charge in [-0.25, -0.2) is 0 Å². The summed E-state index contributed by atoms with van der Waals surface area (Å²) in [6.45, 7) is 8.76. The van der Waals surface area contributed by atoms with E-state index in [1.54, 1.807) is 12.1 Å². The van der Waals surface area contributed by atoms with E-state index in [9.17, 15) is 10.2 Å². The van der Waals surface area contributed by atoms with Gasteiger partial charge in [0.15, 0.2) is 11.5 Å². The Hall–Kier alpha value is -0.970. The molecule has 1 rings (SSSR count). The first-order chi connectivity index (χ1) is 8.40. The number of nitrogens with one attached hydrogen (secondary N) is 1. The largest absolute Gasteiger partial charge is 0.504 e. The predicted octanol–water partition coefficient (Wildman–Crippen LogP) is 2.98. The third-order valence-corrected chi connectivity index (χ3v) is 2.52. The average molecular weight is 290 g/mol. The van der Waals surface area contributed by atoms with Crippen LogP contribution < -0.4 is 5.32 Å². The van der Waals surface area contributed by atoms with E-state index in [4.69, 9.17) is 4.74 Å². The van der Waals surface area contributed by atoms with Crippen LogP contribution in [-0.2, 0) is 4.74 Å². The molecule has 1 aromatic carbocycles. The molecule has 0 bridgehead atoms. The molecule has 1 aromatic rings. The van der Waals surface area contributed by atoms with Crippen molar-refractivity contribution >= 4 is 12.4 Å². The van der Waals surface area contributed by atoms with Crippen LogP contribution in [0.3, 0.4) is 0 Å². The van der Waals surface area contributed by atoms with E-state index in [0.29, 0.717) is 12.6 Å². The second kappa shape index (κ2) is 8.25. The Kier molecular flexibility index (Phi) is 7.83. The molecule has 3 N–H and O–H groups in total. The van der Waals surface area contributed by atoms with Crippen LogP contribution in [0, 0.1) is 0 Å². The zero-order chi connectivity index (χ0) is 13.7. The van der Waals surface area contributed by atoms with Crippen LogP contribution in [0.2, 0.25) is 0 Å². The van der Waals surface area contributed by atoms with Crippen LogP contribution in [0.4, 0.5) is 0 Å². The fraction of sp³-hybridized carbons (Fsp3) is 0.571. The maximum absolute atomic E-state index is 9.53. The number of ether oxygens (including phenoxy) is 1. The Balaban J connectivity index is 0.00000324. The van der Waals surface area contributed by atoms with Crippen molar-refractivity contribution in [2.45, 2.75) is 45.9 Å². The van der Waals surface area contributed by atoms with Crippen LogP contribution in [-0.4, -0.2) is 28.9 Å². The van der Waals surface area contributed by atoms with Crippen molar-refractivity contribution in [2.24, 2.45) is 0 Å². The summed E-state index contributed by atoms with van der Waals surface area (Å²) < 4.78 is 5.83. The highest BCUT2D eigenvalue weighted by atomic mass is 35.5. The molecule has 0 aliphatic rings. The summed E-state index contributed by atoms with van der Waals surface area (Å²) in [5.74, 6) is -0.228. The molecule has 0 radical (unpaired) electrons. The normalized spacial score (nSPS) is 12.5. The number of hydrogen-bond acceptors (Lipinski definition) is 4. The molecule has 0 aliphatic heterocycles. The molecule has 4 nitrogen and oxygen atoms in total. The Bertz CT molecular complexity index is 383. The Morgan fingerprint density at radius 1 is 1.11 bits per heavy atom. The zero-order valence-electron chi connectivity index (χ0n) is 11.9. The summed E-state index contributed by atoms with van der Waals surface area (Å²) in [7, 11) is 0. The Morgan fingerprint density at radius 3 is 2.21 bits per heavy atom. The molecular formula is C14H24ClNO3. The van der Waals surface area contributed by atoms with Crippen molar-refractivity contribution < 1.29 is 14.9 Å². The highest BCUT2D eigenvalue weighted by Gasteiger charge is 2.15. The van der Waals surface area contributed by atoms with Gasteiger partial charge in [-0.2, -0.15) is 0 Å². The highest BCUT2D eigenvalue weighted by Crippen LogP contribution is 2.29. The lowest BCUT2D eigenvalue weighted by Gasteiger charge is -2.23. The number of phenols is 2. The van der Waals surface area contributed by atoms with Gasteiger partial charge in [-0.05, 0) is 31.5 Å². The third kappa shape index (κ3) is 6.14. The number of rotatable bonds is 6. The molecule has 0 fully saturated rings. The molecule has 0 aliphatic carbocycles. The molecule has 0 heterocycles. The monoisotopic (exact) mass is 289 g/mol. The smallest absolute Gasteiger partial charge is 0.157 e. The quantitative estimate of drug-likeness (QED) is 0.705. The molecule has 1 unspecified atom stereocenters. The lowest BCUT2D eigenvalue weighted by molar-refractivity contribution is 0.00605. The Labute approximate surface area is 121 Å². The van der Waals surface area contributed by atoms with Crippen molar-refractivity contribution in [1.29, 1.82) is 0 Å². The van der Waals surface area contributed by atoms with Crippen molar-refractivity contribution in [3.8, 4) is 11.5 Å². The van der Waals surface area contributed by atoms with Crippen LogP contribution in [0.1, 0.15) is 39.4 Å². The molecule has 0 amide bonds. The fourth-order valence-corrected chi connectivity index (χ4v) is 1.66.